The number of benzene rings is 1. The molecule has 2 heterocycles. The van der Waals surface area contributed by atoms with Gasteiger partial charge < -0.3 is 19.1 Å². The molecule has 0 bridgehead atoms. The van der Waals surface area contributed by atoms with Gasteiger partial charge in [0.2, 0.25) is 0 Å². The second-order valence-corrected chi connectivity index (χ2v) is 13.6. The van der Waals surface area contributed by atoms with Crippen molar-refractivity contribution in [2.75, 3.05) is 20.8 Å². The van der Waals surface area contributed by atoms with E-state index in [4.69, 9.17) is 14.2 Å². The van der Waals surface area contributed by atoms with Gasteiger partial charge in [0.1, 0.15) is 21.9 Å². The lowest BCUT2D eigenvalue weighted by molar-refractivity contribution is -0.168. The molecule has 1 aliphatic rings. The van der Waals surface area contributed by atoms with Crippen LogP contribution in [0.5, 0.6) is 5.75 Å². The lowest BCUT2D eigenvalue weighted by atomic mass is 9.83. The zero-order valence-electron chi connectivity index (χ0n) is 24.6. The summed E-state index contributed by atoms with van der Waals surface area (Å²) in [5.41, 5.74) is -0.568. The van der Waals surface area contributed by atoms with Crippen molar-refractivity contribution in [3.8, 4) is 5.75 Å². The number of carbonyl (C=O) groups is 2. The maximum absolute atomic E-state index is 14.6. The average Bonchev–Trinajstić information content (AvgIpc) is 3.43. The highest BCUT2D eigenvalue weighted by Crippen LogP contribution is 2.52. The first kappa shape index (κ1) is 30.1. The minimum Gasteiger partial charge on any atom is -0.496 e. The van der Waals surface area contributed by atoms with Crippen LogP contribution in [0.1, 0.15) is 95.2 Å². The average molecular weight is 545 g/mol. The van der Waals surface area contributed by atoms with Gasteiger partial charge in [0, 0.05) is 30.2 Å². The highest BCUT2D eigenvalue weighted by atomic mass is 32.1. The van der Waals surface area contributed by atoms with Gasteiger partial charge in [-0.25, -0.2) is 9.78 Å². The van der Waals surface area contributed by atoms with Gasteiger partial charge in [-0.05, 0) is 62.6 Å². The van der Waals surface area contributed by atoms with Crippen molar-refractivity contribution in [1.82, 2.24) is 9.88 Å². The van der Waals surface area contributed by atoms with Crippen LogP contribution in [0, 0.1) is 11.8 Å². The molecule has 0 unspecified atom stereocenters. The number of carbonyl (C=O) groups excluding carboxylic acids is 2. The third kappa shape index (κ3) is 6.23. The minimum absolute atomic E-state index is 0.128. The fourth-order valence-corrected chi connectivity index (χ4v) is 6.40. The van der Waals surface area contributed by atoms with E-state index in [-0.39, 0.29) is 29.1 Å². The quantitative estimate of drug-likeness (QED) is 0.357. The van der Waals surface area contributed by atoms with Gasteiger partial charge in [0.15, 0.2) is 0 Å². The summed E-state index contributed by atoms with van der Waals surface area (Å²) in [6, 6.07) is 5.15. The van der Waals surface area contributed by atoms with Crippen LogP contribution in [0.15, 0.2) is 29.8 Å². The second kappa shape index (κ2) is 11.3. The van der Waals surface area contributed by atoms with Crippen molar-refractivity contribution < 1.29 is 23.8 Å². The molecule has 1 fully saturated rings. The van der Waals surface area contributed by atoms with E-state index in [1.807, 2.05) is 38.3 Å². The van der Waals surface area contributed by atoms with E-state index in [0.717, 1.165) is 10.6 Å². The molecule has 0 N–H and O–H groups in total. The largest absolute Gasteiger partial charge is 0.496 e. The lowest BCUT2D eigenvalue weighted by Crippen LogP contribution is -2.56. The molecule has 2 aromatic rings. The number of aromatic nitrogens is 1. The Hall–Kier alpha value is -2.45. The molecule has 7 nitrogen and oxygen atoms in total. The Bertz CT molecular complexity index is 1120. The van der Waals surface area contributed by atoms with E-state index < -0.39 is 17.2 Å². The van der Waals surface area contributed by atoms with Crippen LogP contribution in [0.3, 0.4) is 0 Å². The number of rotatable bonds is 8. The number of esters is 1. The molecule has 3 rings (SSSR count). The van der Waals surface area contributed by atoms with Gasteiger partial charge in [0.05, 0.1) is 19.8 Å². The lowest BCUT2D eigenvalue weighted by Gasteiger charge is -2.41. The van der Waals surface area contributed by atoms with Crippen molar-refractivity contribution in [2.45, 2.75) is 90.8 Å². The van der Waals surface area contributed by atoms with Crippen LogP contribution in [-0.4, -0.2) is 53.7 Å². The number of hydrogen-bond donors (Lipinski definition) is 0. The third-order valence-electron chi connectivity index (χ3n) is 6.87. The molecule has 210 valence electrons. The van der Waals surface area contributed by atoms with Gasteiger partial charge in [-0.3, -0.25) is 4.79 Å². The molecule has 1 saturated heterocycles. The molecule has 1 aliphatic heterocycles. The summed E-state index contributed by atoms with van der Waals surface area (Å²) >= 11 is 1.49. The van der Waals surface area contributed by atoms with Gasteiger partial charge in [0.25, 0.3) is 5.91 Å². The van der Waals surface area contributed by atoms with Crippen LogP contribution in [0.4, 0.5) is 0 Å². The molecule has 3 atom stereocenters. The molecule has 8 heteroatoms. The zero-order valence-corrected chi connectivity index (χ0v) is 25.4. The predicted molar refractivity (Wildman–Crippen MR) is 151 cm³/mol. The zero-order chi connectivity index (χ0) is 28.5. The molecule has 1 aromatic carbocycles. The third-order valence-corrected chi connectivity index (χ3v) is 7.72. The highest BCUT2D eigenvalue weighted by molar-refractivity contribution is 7.09. The summed E-state index contributed by atoms with van der Waals surface area (Å²) < 4.78 is 17.4. The van der Waals surface area contributed by atoms with Crippen molar-refractivity contribution in [1.29, 1.82) is 0 Å². The smallest absolute Gasteiger partial charge is 0.332 e. The molecule has 0 radical (unpaired) electrons. The molecule has 1 aromatic heterocycles. The number of amides is 1. The summed E-state index contributed by atoms with van der Waals surface area (Å²) in [7, 11) is 3.27. The highest BCUT2D eigenvalue weighted by Gasteiger charge is 2.60. The Labute approximate surface area is 231 Å². The topological polar surface area (TPSA) is 78.0 Å². The van der Waals surface area contributed by atoms with Crippen molar-refractivity contribution in [3.63, 3.8) is 0 Å². The molecule has 1 amide bonds. The molecule has 0 aliphatic carbocycles. The first-order valence-corrected chi connectivity index (χ1v) is 14.2. The number of methoxy groups -OCH3 is 2. The summed E-state index contributed by atoms with van der Waals surface area (Å²) in [4.78, 5) is 35.1. The molecular formula is C30H44N2O5S. The number of hydrogen-bond acceptors (Lipinski definition) is 7. The fraction of sp³-hybridized carbons (Fsp3) is 0.633. The predicted octanol–water partition coefficient (Wildman–Crippen LogP) is 6.43. The van der Waals surface area contributed by atoms with Gasteiger partial charge in [-0.2, -0.15) is 0 Å². The monoisotopic (exact) mass is 544 g/mol. The SMILES string of the molecule is COC[C@@H]1C[C@](CC(C)C)(C(=O)OC(C)(C)C)N(C(=O)c2ccc(C(C)(C)C)c(OC)c2)[C@@H]1c1nccs1. The molecule has 38 heavy (non-hydrogen) atoms. The van der Waals surface area contributed by atoms with E-state index in [1.165, 1.54) is 11.3 Å². The van der Waals surface area contributed by atoms with E-state index in [1.54, 1.807) is 31.4 Å². The Kier molecular flexibility index (Phi) is 8.98. The first-order chi connectivity index (χ1) is 17.6. The number of thiazole rings is 1. The minimum atomic E-state index is -1.17. The Morgan fingerprint density at radius 1 is 1.16 bits per heavy atom. The first-order valence-electron chi connectivity index (χ1n) is 13.3. The van der Waals surface area contributed by atoms with E-state index in [2.05, 4.69) is 39.6 Å². The Morgan fingerprint density at radius 3 is 2.34 bits per heavy atom. The van der Waals surface area contributed by atoms with Crippen LogP contribution in [-0.2, 0) is 19.7 Å². The summed E-state index contributed by atoms with van der Waals surface area (Å²) in [6.45, 7) is 16.4. The number of ether oxygens (including phenoxy) is 3. The van der Waals surface area contributed by atoms with Crippen LogP contribution in [0.25, 0.3) is 0 Å². The normalized spacial score (nSPS) is 22.1. The molecular weight excluding hydrogens is 500 g/mol. The maximum Gasteiger partial charge on any atom is 0.332 e. The molecule has 0 saturated carbocycles. The van der Waals surface area contributed by atoms with Crippen LogP contribution < -0.4 is 4.74 Å². The summed E-state index contributed by atoms with van der Waals surface area (Å²) in [6.07, 6.45) is 2.64. The van der Waals surface area contributed by atoms with E-state index in [0.29, 0.717) is 30.8 Å². The van der Waals surface area contributed by atoms with Gasteiger partial charge in [-0.15, -0.1) is 11.3 Å². The van der Waals surface area contributed by atoms with Crippen LogP contribution >= 0.6 is 11.3 Å². The van der Waals surface area contributed by atoms with Crippen LogP contribution in [0.2, 0.25) is 0 Å². The second-order valence-electron chi connectivity index (χ2n) is 12.7. The van der Waals surface area contributed by atoms with Crippen molar-refractivity contribution >= 4 is 23.2 Å². The maximum atomic E-state index is 14.6. The van der Waals surface area contributed by atoms with E-state index in [9.17, 15) is 9.59 Å². The van der Waals surface area contributed by atoms with Gasteiger partial charge >= 0.3 is 5.97 Å². The van der Waals surface area contributed by atoms with Crippen molar-refractivity contribution in [2.24, 2.45) is 11.8 Å². The Morgan fingerprint density at radius 2 is 1.84 bits per heavy atom. The number of likely N-dealkylation sites (tertiary alicyclic amines) is 1. The summed E-state index contributed by atoms with van der Waals surface area (Å²) in [5, 5.41) is 2.69. The van der Waals surface area contributed by atoms with Gasteiger partial charge in [-0.1, -0.05) is 40.7 Å². The number of nitrogens with zero attached hydrogens (tertiary/aromatic N) is 2. The summed E-state index contributed by atoms with van der Waals surface area (Å²) in [5.74, 6) is 0.0269. The van der Waals surface area contributed by atoms with Crippen molar-refractivity contribution in [3.05, 3.63) is 45.9 Å². The Balaban J connectivity index is 2.25. The fourth-order valence-electron chi connectivity index (χ4n) is 5.58. The molecule has 0 spiro atoms. The van der Waals surface area contributed by atoms with E-state index >= 15 is 0 Å². The standard InChI is InChI=1S/C30H44N2O5S/c1-19(2)16-30(27(34)37-29(6,7)8)17-21(18-35-9)24(25-31-13-14-38-25)32(30)26(33)20-11-12-22(28(3,4)5)23(15-20)36-10/h11-15,19,21,24H,16-18H2,1-10H3/t21-,24-,30+/m0/s1.